The first-order chi connectivity index (χ1) is 23.8. The van der Waals surface area contributed by atoms with E-state index < -0.39 is 36.6 Å². The number of fused-ring (bicyclic) bond motifs is 1. The molecule has 2 aromatic carbocycles. The van der Waals surface area contributed by atoms with Crippen molar-refractivity contribution >= 4 is 71.8 Å². The molecule has 4 aliphatic heterocycles. The number of hydrogen-bond acceptors (Lipinski definition) is 10. The maximum absolute atomic E-state index is 13.4. The van der Waals surface area contributed by atoms with Gasteiger partial charge < -0.3 is 25.9 Å². The largest absolute Gasteiger partial charge is 0.504 e. The zero-order valence-corrected chi connectivity index (χ0v) is 31.7. The van der Waals surface area contributed by atoms with Crippen LogP contribution in [0.3, 0.4) is 0 Å². The summed E-state index contributed by atoms with van der Waals surface area (Å²) in [5.74, 6) is -0.0352. The van der Waals surface area contributed by atoms with Crippen LogP contribution in [0, 0.1) is 10.8 Å². The smallest absolute Gasteiger partial charge is 0.248 e. The fourth-order valence-corrected chi connectivity index (χ4v) is 11.4. The highest BCUT2D eigenvalue weighted by molar-refractivity contribution is 7.89. The summed E-state index contributed by atoms with van der Waals surface area (Å²) in [5, 5.41) is 15.7. The average Bonchev–Trinajstić information content (AvgIpc) is 3.77. The lowest BCUT2D eigenvalue weighted by Crippen LogP contribution is -2.46. The summed E-state index contributed by atoms with van der Waals surface area (Å²) >= 11 is 12.3. The number of phenols is 1. The van der Waals surface area contributed by atoms with E-state index in [1.807, 2.05) is 20.8 Å². The van der Waals surface area contributed by atoms with Crippen molar-refractivity contribution in [2.75, 3.05) is 45.0 Å². The minimum Gasteiger partial charge on any atom is -0.504 e. The number of nitrogen functional groups attached to an aromatic ring is 1. The molecule has 3 aromatic rings. The predicted molar refractivity (Wildman–Crippen MR) is 191 cm³/mol. The first kappa shape index (κ1) is 37.6. The van der Waals surface area contributed by atoms with E-state index in [9.17, 15) is 31.5 Å². The van der Waals surface area contributed by atoms with E-state index in [-0.39, 0.29) is 74.5 Å². The molecule has 0 unspecified atom stereocenters. The number of hydrogen-bond donors (Lipinski definition) is 4. The molecule has 2 spiro atoms. The van der Waals surface area contributed by atoms with Crippen LogP contribution >= 0.6 is 23.2 Å². The first-order valence-corrected chi connectivity index (χ1v) is 20.4. The number of aromatic hydroxyl groups is 1. The zero-order chi connectivity index (χ0) is 37.1. The first-order valence-electron chi connectivity index (χ1n) is 16.8. The van der Waals surface area contributed by atoms with Crippen molar-refractivity contribution in [1.82, 2.24) is 24.2 Å². The molecule has 4 fully saturated rings. The Kier molecular flexibility index (Phi) is 9.85. The summed E-state index contributed by atoms with van der Waals surface area (Å²) in [5.41, 5.74) is 4.94. The third-order valence-corrected chi connectivity index (χ3v) is 15.3. The van der Waals surface area contributed by atoms with Crippen LogP contribution in [0.4, 0.5) is 5.69 Å². The summed E-state index contributed by atoms with van der Waals surface area (Å²) < 4.78 is 60.9. The Morgan fingerprint density at radius 2 is 1.24 bits per heavy atom. The molecule has 7 rings (SSSR count). The number of amides is 2. The van der Waals surface area contributed by atoms with Crippen molar-refractivity contribution in [3.05, 3.63) is 40.2 Å². The highest BCUT2D eigenvalue weighted by Gasteiger charge is 2.48. The summed E-state index contributed by atoms with van der Waals surface area (Å²) in [6.07, 6.45) is 3.42. The number of nitrogens with one attached hydrogen (secondary N) is 2. The number of nitrogens with zero attached hydrogens (tertiary/aromatic N) is 3. The van der Waals surface area contributed by atoms with E-state index in [1.54, 1.807) is 12.1 Å². The van der Waals surface area contributed by atoms with Crippen molar-refractivity contribution in [3.63, 3.8) is 0 Å². The highest BCUT2D eigenvalue weighted by Crippen LogP contribution is 2.44. The second-order valence-corrected chi connectivity index (χ2v) is 19.3. The van der Waals surface area contributed by atoms with Crippen molar-refractivity contribution in [1.29, 1.82) is 0 Å². The number of sulfonamides is 2. The van der Waals surface area contributed by atoms with Gasteiger partial charge in [-0.1, -0.05) is 44.0 Å². The number of anilines is 1. The van der Waals surface area contributed by atoms with Gasteiger partial charge in [0.05, 0.1) is 26.6 Å². The standard InChI is InChI=1S/C19H24ClN3O4S.C14H18ClN3O4S/c1-18(2,3)17-22-13-5-4-12(20)15(14(13)27-17)28(25,26)23-10-7-19(8-11-23)6-9-21-16(19)24;15-9-1-2-10(16)11(19)12(9)23(21,22)18-7-4-14(5-8-18)3-6-17-13(14)20/h4-5H,6-11H2,1-3H3,(H,21,24);1-2,19H,3-8,16H2,(H,17,20). The van der Waals surface area contributed by atoms with Gasteiger partial charge in [-0.2, -0.15) is 8.61 Å². The fraction of sp³-hybridized carbons (Fsp3) is 0.545. The van der Waals surface area contributed by atoms with Gasteiger partial charge in [-0.25, -0.2) is 21.8 Å². The van der Waals surface area contributed by atoms with Crippen LogP contribution < -0.4 is 16.4 Å². The van der Waals surface area contributed by atoms with Gasteiger partial charge in [0, 0.05) is 44.7 Å². The summed E-state index contributed by atoms with van der Waals surface area (Å²) in [4.78, 5) is 28.2. The van der Waals surface area contributed by atoms with E-state index in [2.05, 4.69) is 15.6 Å². The Labute approximate surface area is 307 Å². The number of nitrogens with two attached hydrogens (primary N) is 1. The molecule has 4 aliphatic rings. The fourth-order valence-electron chi connectivity index (χ4n) is 7.27. The number of rotatable bonds is 4. The number of benzene rings is 2. The predicted octanol–water partition coefficient (Wildman–Crippen LogP) is 3.99. The minimum absolute atomic E-state index is 0.000571. The van der Waals surface area contributed by atoms with Gasteiger partial charge in [-0.15, -0.1) is 0 Å². The molecule has 0 bridgehead atoms. The Balaban J connectivity index is 0.000000179. The normalized spacial score (nSPS) is 21.1. The lowest BCUT2D eigenvalue weighted by molar-refractivity contribution is -0.130. The molecule has 278 valence electrons. The molecule has 51 heavy (non-hydrogen) atoms. The average molecular weight is 786 g/mol. The number of carbonyl (C=O) groups excluding carboxylic acids is 2. The van der Waals surface area contributed by atoms with Crippen LogP contribution in [-0.4, -0.2) is 86.6 Å². The van der Waals surface area contributed by atoms with Crippen LogP contribution in [0.5, 0.6) is 5.75 Å². The molecule has 2 amide bonds. The van der Waals surface area contributed by atoms with Gasteiger partial charge in [0.1, 0.15) is 15.3 Å². The molecular formula is C33H42Cl2N6O8S2. The number of carbonyl (C=O) groups is 2. The van der Waals surface area contributed by atoms with Crippen LogP contribution in [0.2, 0.25) is 10.0 Å². The number of phenolic OH excluding ortho intramolecular Hbond substituents is 1. The van der Waals surface area contributed by atoms with Gasteiger partial charge in [-0.05, 0) is 62.8 Å². The zero-order valence-electron chi connectivity index (χ0n) is 28.6. The number of halogens is 2. The monoisotopic (exact) mass is 784 g/mol. The number of oxazole rings is 1. The summed E-state index contributed by atoms with van der Waals surface area (Å²) in [6, 6.07) is 5.91. The third kappa shape index (κ3) is 6.67. The van der Waals surface area contributed by atoms with Gasteiger partial charge in [0.25, 0.3) is 0 Å². The van der Waals surface area contributed by atoms with Gasteiger partial charge in [0.15, 0.2) is 11.3 Å². The number of piperidine rings is 2. The van der Waals surface area contributed by atoms with E-state index >= 15 is 0 Å². The van der Waals surface area contributed by atoms with Gasteiger partial charge in [0.2, 0.25) is 37.8 Å². The molecule has 1 aromatic heterocycles. The molecule has 5 heterocycles. The van der Waals surface area contributed by atoms with Crippen molar-refractivity contribution in [2.45, 2.75) is 74.5 Å². The van der Waals surface area contributed by atoms with Crippen LogP contribution in [0.25, 0.3) is 11.1 Å². The minimum atomic E-state index is -3.97. The Bertz CT molecular complexity index is 2100. The molecule has 0 aliphatic carbocycles. The van der Waals surface area contributed by atoms with Crippen LogP contribution in [0.1, 0.15) is 65.2 Å². The molecule has 0 radical (unpaired) electrons. The molecule has 18 heteroatoms. The van der Waals surface area contributed by atoms with Crippen LogP contribution in [-0.2, 0) is 35.1 Å². The van der Waals surface area contributed by atoms with Crippen molar-refractivity contribution < 1.29 is 35.9 Å². The lowest BCUT2D eigenvalue weighted by atomic mass is 9.78. The summed E-state index contributed by atoms with van der Waals surface area (Å²) in [7, 11) is -7.85. The topological polar surface area (TPSA) is 205 Å². The lowest BCUT2D eigenvalue weighted by Gasteiger charge is -2.36. The maximum Gasteiger partial charge on any atom is 0.248 e. The van der Waals surface area contributed by atoms with Crippen molar-refractivity contribution in [3.8, 4) is 5.75 Å². The number of aromatic nitrogens is 1. The summed E-state index contributed by atoms with van der Waals surface area (Å²) in [6.45, 7) is 8.11. The molecule has 4 saturated heterocycles. The molecule has 5 N–H and O–H groups in total. The van der Waals surface area contributed by atoms with Crippen LogP contribution in [0.15, 0.2) is 38.5 Å². The molecule has 14 nitrogen and oxygen atoms in total. The van der Waals surface area contributed by atoms with E-state index in [1.165, 1.54) is 20.7 Å². The quantitative estimate of drug-likeness (QED) is 0.221. The van der Waals surface area contributed by atoms with Gasteiger partial charge in [-0.3, -0.25) is 9.59 Å². The molecule has 0 saturated carbocycles. The van der Waals surface area contributed by atoms with E-state index in [4.69, 9.17) is 33.4 Å². The SMILES string of the molecule is CC(C)(C)c1nc2ccc(Cl)c(S(=O)(=O)N3CCC4(CCNC4=O)CC3)c2o1.Nc1ccc(Cl)c(S(=O)(=O)N2CCC3(CCNC3=O)CC2)c1O. The molecule has 0 atom stereocenters. The van der Waals surface area contributed by atoms with Gasteiger partial charge >= 0.3 is 0 Å². The third-order valence-electron chi connectivity index (χ3n) is 10.5. The Morgan fingerprint density at radius 3 is 1.69 bits per heavy atom. The van der Waals surface area contributed by atoms with Crippen molar-refractivity contribution in [2.24, 2.45) is 10.8 Å². The molecular weight excluding hydrogens is 743 g/mol. The Hall–Kier alpha value is -3.15. The van der Waals surface area contributed by atoms with E-state index in [0.29, 0.717) is 50.2 Å². The van der Waals surface area contributed by atoms with E-state index in [0.717, 1.165) is 12.8 Å². The second kappa shape index (κ2) is 13.4. The highest BCUT2D eigenvalue weighted by atomic mass is 35.5. The maximum atomic E-state index is 13.4. The Morgan fingerprint density at radius 1 is 0.784 bits per heavy atom. The second-order valence-electron chi connectivity index (χ2n) is 14.7.